The van der Waals surface area contributed by atoms with E-state index in [1.165, 1.54) is 85.4 Å². The third-order valence-electron chi connectivity index (χ3n) is 10.3. The number of benzene rings is 3. The van der Waals surface area contributed by atoms with Gasteiger partial charge in [-0.25, -0.2) is 0 Å². The molecule has 0 N–H and O–H groups in total. The highest BCUT2D eigenvalue weighted by Crippen LogP contribution is 2.48. The molecule has 0 radical (unpaired) electrons. The number of hydrogen-bond acceptors (Lipinski definition) is 3. The molecule has 3 aliphatic rings. The molecule has 7 rings (SSSR count). The maximum absolute atomic E-state index is 6.50. The Labute approximate surface area is 265 Å². The Kier molecular flexibility index (Phi) is 10.5. The summed E-state index contributed by atoms with van der Waals surface area (Å²) in [5.41, 5.74) is 6.38. The van der Waals surface area contributed by atoms with E-state index in [2.05, 4.69) is 103 Å². The maximum atomic E-state index is 6.50. The summed E-state index contributed by atoms with van der Waals surface area (Å²) >= 11 is 0. The summed E-state index contributed by atoms with van der Waals surface area (Å²) in [4.78, 5) is 7.53. The van der Waals surface area contributed by atoms with E-state index in [4.69, 9.17) is 9.72 Å². The first kappa shape index (κ1) is 30.6. The van der Waals surface area contributed by atoms with Gasteiger partial charge in [0.25, 0.3) is 0 Å². The molecule has 4 heterocycles. The maximum Gasteiger partial charge on any atom is 0.119 e. The van der Waals surface area contributed by atoms with Crippen molar-refractivity contribution in [2.45, 2.75) is 83.1 Å². The van der Waals surface area contributed by atoms with E-state index >= 15 is 0 Å². The molecule has 0 spiro atoms. The van der Waals surface area contributed by atoms with Crippen LogP contribution in [0.2, 0.25) is 0 Å². The van der Waals surface area contributed by atoms with E-state index in [1.54, 1.807) is 0 Å². The molecule has 2 unspecified atom stereocenters. The van der Waals surface area contributed by atoms with Crippen molar-refractivity contribution < 1.29 is 4.74 Å². The number of aromatic nitrogens is 1. The van der Waals surface area contributed by atoms with Crippen LogP contribution in [0.3, 0.4) is 0 Å². The lowest BCUT2D eigenvalue weighted by molar-refractivity contribution is 0.0122. The van der Waals surface area contributed by atoms with Crippen LogP contribution in [-0.4, -0.2) is 35.6 Å². The Bertz CT molecular complexity index is 1490. The molecule has 0 amide bonds. The zero-order chi connectivity index (χ0) is 30.1. The van der Waals surface area contributed by atoms with Gasteiger partial charge in [-0.1, -0.05) is 113 Å². The first-order valence-corrected chi connectivity index (χ1v) is 17.3. The summed E-state index contributed by atoms with van der Waals surface area (Å²) in [6.07, 6.45) is 17.1. The molecule has 230 valence electrons. The molecule has 2 bridgehead atoms. The molecule has 5 atom stereocenters. The van der Waals surface area contributed by atoms with Gasteiger partial charge in [0.2, 0.25) is 0 Å². The van der Waals surface area contributed by atoms with Crippen molar-refractivity contribution in [3.8, 4) is 16.9 Å². The largest absolute Gasteiger partial charge is 0.494 e. The van der Waals surface area contributed by atoms with Gasteiger partial charge in [0.05, 0.1) is 12.1 Å². The van der Waals surface area contributed by atoms with Crippen LogP contribution < -0.4 is 4.74 Å². The average Bonchev–Trinajstić information content (AvgIpc) is 3.08. The van der Waals surface area contributed by atoms with Crippen molar-refractivity contribution in [2.24, 2.45) is 11.8 Å². The minimum absolute atomic E-state index is 0.207. The highest BCUT2D eigenvalue weighted by Gasteiger charge is 2.43. The van der Waals surface area contributed by atoms with Crippen molar-refractivity contribution in [1.29, 1.82) is 0 Å². The van der Waals surface area contributed by atoms with Crippen molar-refractivity contribution >= 4 is 10.9 Å². The van der Waals surface area contributed by atoms with Crippen LogP contribution >= 0.6 is 0 Å². The zero-order valence-electron chi connectivity index (χ0n) is 26.7. The fourth-order valence-electron chi connectivity index (χ4n) is 7.89. The van der Waals surface area contributed by atoms with Crippen LogP contribution in [-0.2, 0) is 0 Å². The first-order chi connectivity index (χ1) is 21.8. The van der Waals surface area contributed by atoms with Gasteiger partial charge in [0.15, 0.2) is 0 Å². The molecular weight excluding hydrogens is 536 g/mol. The number of pyridine rings is 1. The molecule has 4 aromatic rings. The molecule has 3 aliphatic heterocycles. The van der Waals surface area contributed by atoms with Gasteiger partial charge in [-0.15, -0.1) is 6.58 Å². The molecule has 3 aromatic carbocycles. The summed E-state index contributed by atoms with van der Waals surface area (Å²) in [6, 6.07) is 29.2. The van der Waals surface area contributed by atoms with Gasteiger partial charge < -0.3 is 4.74 Å². The molecule has 3 saturated heterocycles. The molecule has 3 heteroatoms. The zero-order valence-corrected chi connectivity index (χ0v) is 26.7. The highest BCUT2D eigenvalue weighted by atomic mass is 16.5. The van der Waals surface area contributed by atoms with E-state index in [-0.39, 0.29) is 5.92 Å². The monoisotopic (exact) mass is 586 g/mol. The topological polar surface area (TPSA) is 25.4 Å². The van der Waals surface area contributed by atoms with Gasteiger partial charge >= 0.3 is 0 Å². The summed E-state index contributed by atoms with van der Waals surface area (Å²) in [7, 11) is 0. The Morgan fingerprint density at radius 1 is 0.886 bits per heavy atom. The molecule has 0 aliphatic carbocycles. The lowest BCUT2D eigenvalue weighted by Crippen LogP contribution is -2.55. The van der Waals surface area contributed by atoms with Crippen LogP contribution in [0, 0.1) is 11.8 Å². The van der Waals surface area contributed by atoms with Crippen LogP contribution in [0.25, 0.3) is 22.0 Å². The van der Waals surface area contributed by atoms with Crippen molar-refractivity contribution in [2.75, 3.05) is 19.7 Å². The number of fused-ring (bicyclic) bond motifs is 4. The number of para-hydroxylation sites is 1. The van der Waals surface area contributed by atoms with E-state index in [1.807, 2.05) is 6.20 Å². The van der Waals surface area contributed by atoms with Crippen LogP contribution in [0.15, 0.2) is 97.7 Å². The van der Waals surface area contributed by atoms with Crippen LogP contribution in [0.1, 0.15) is 88.2 Å². The summed E-state index contributed by atoms with van der Waals surface area (Å²) in [6.45, 7) is 9.54. The standard InChI is InChI=1S/C41H50N2O/c1-3-5-6-7-8-9-10-16-27-44-34-21-22-35(32-17-12-11-13-18-32)38(29-34)41(37-23-25-42-39-20-15-14-19-36(37)39)40-28-33-24-26-43(40)30-31(33)4-2/h4,11-15,17-23,25,29,31,33,40-41H,2-3,5-10,16,24,26-28,30H2,1H3/t31-,33-,40-,41?/m0/s1. The lowest BCUT2D eigenvalue weighted by atomic mass is 9.69. The van der Waals surface area contributed by atoms with Crippen LogP contribution in [0.4, 0.5) is 0 Å². The number of nitrogens with zero attached hydrogens (tertiary/aromatic N) is 2. The molecule has 44 heavy (non-hydrogen) atoms. The molecule has 3 fully saturated rings. The van der Waals surface area contributed by atoms with E-state index in [9.17, 15) is 0 Å². The second kappa shape index (κ2) is 15.0. The molecular formula is C41H50N2O. The van der Waals surface area contributed by atoms with Gasteiger partial charge in [-0.2, -0.15) is 0 Å². The first-order valence-electron chi connectivity index (χ1n) is 17.3. The van der Waals surface area contributed by atoms with Gasteiger partial charge in [0.1, 0.15) is 5.75 Å². The average molecular weight is 587 g/mol. The fraction of sp³-hybridized carbons (Fsp3) is 0.439. The SMILES string of the molecule is C=C[C@H]1CN2CC[C@H]1C[C@H]2C(c1cc(OCCCCCCCCCC)ccc1-c1ccccc1)c1ccnc2ccccc12. The molecule has 1 aromatic heterocycles. The van der Waals surface area contributed by atoms with E-state index in [0.29, 0.717) is 17.9 Å². The van der Waals surface area contributed by atoms with Crippen molar-refractivity contribution in [1.82, 2.24) is 9.88 Å². The van der Waals surface area contributed by atoms with Crippen molar-refractivity contribution in [3.63, 3.8) is 0 Å². The second-order valence-electron chi connectivity index (χ2n) is 13.1. The second-order valence-corrected chi connectivity index (χ2v) is 13.1. The third-order valence-corrected chi connectivity index (χ3v) is 10.3. The Morgan fingerprint density at radius 2 is 1.66 bits per heavy atom. The van der Waals surface area contributed by atoms with E-state index in [0.717, 1.165) is 37.4 Å². The summed E-state index contributed by atoms with van der Waals surface area (Å²) in [5.74, 6) is 2.48. The van der Waals surface area contributed by atoms with Crippen molar-refractivity contribution in [3.05, 3.63) is 109 Å². The fourth-order valence-corrected chi connectivity index (χ4v) is 7.89. The number of piperidine rings is 3. The molecule has 3 nitrogen and oxygen atoms in total. The normalized spacial score (nSPS) is 21.8. The minimum Gasteiger partial charge on any atom is -0.494 e. The number of unbranched alkanes of at least 4 members (excludes halogenated alkanes) is 7. The summed E-state index contributed by atoms with van der Waals surface area (Å²) < 4.78 is 6.50. The predicted octanol–water partition coefficient (Wildman–Crippen LogP) is 10.4. The van der Waals surface area contributed by atoms with Crippen LogP contribution in [0.5, 0.6) is 5.75 Å². The lowest BCUT2D eigenvalue weighted by Gasteiger charge is -2.52. The Balaban J connectivity index is 1.34. The van der Waals surface area contributed by atoms with Gasteiger partial charge in [-0.3, -0.25) is 9.88 Å². The third kappa shape index (κ3) is 6.94. The Hall–Kier alpha value is -3.43. The van der Waals surface area contributed by atoms with E-state index < -0.39 is 0 Å². The summed E-state index contributed by atoms with van der Waals surface area (Å²) in [5, 5.41) is 1.26. The number of rotatable bonds is 15. The van der Waals surface area contributed by atoms with Gasteiger partial charge in [0, 0.05) is 30.1 Å². The molecule has 0 saturated carbocycles. The smallest absolute Gasteiger partial charge is 0.119 e. The number of hydrogen-bond donors (Lipinski definition) is 0. The van der Waals surface area contributed by atoms with Gasteiger partial charge in [-0.05, 0) is 84.2 Å². The predicted molar refractivity (Wildman–Crippen MR) is 185 cm³/mol. The quantitative estimate of drug-likeness (QED) is 0.102. The Morgan fingerprint density at radius 3 is 2.43 bits per heavy atom. The highest BCUT2D eigenvalue weighted by molar-refractivity contribution is 5.84. The number of ether oxygens (including phenoxy) is 1. The minimum atomic E-state index is 0.207.